The van der Waals surface area contributed by atoms with Crippen molar-refractivity contribution in [2.24, 2.45) is 5.92 Å². The number of anilines is 1. The highest BCUT2D eigenvalue weighted by Crippen LogP contribution is 2.40. The maximum absolute atomic E-state index is 12.9. The van der Waals surface area contributed by atoms with Crippen LogP contribution in [0.25, 0.3) is 0 Å². The van der Waals surface area contributed by atoms with Gasteiger partial charge >= 0.3 is 5.97 Å². The normalized spacial score (nSPS) is 15.1. The first-order valence-corrected chi connectivity index (χ1v) is 13.5. The van der Waals surface area contributed by atoms with Gasteiger partial charge in [-0.2, -0.15) is 0 Å². The molecule has 0 fully saturated rings. The number of rotatable bonds is 9. The molecule has 1 N–H and O–H groups in total. The molecule has 4 rings (SSSR count). The number of thiophene rings is 1. The summed E-state index contributed by atoms with van der Waals surface area (Å²) in [5.41, 5.74) is 2.75. The largest absolute Gasteiger partial charge is 0.462 e. The molecule has 0 bridgehead atoms. The molecule has 1 aliphatic rings. The van der Waals surface area contributed by atoms with Crippen LogP contribution >= 0.6 is 23.1 Å². The van der Waals surface area contributed by atoms with E-state index >= 15 is 0 Å². The van der Waals surface area contributed by atoms with Crippen LogP contribution in [-0.2, 0) is 35.3 Å². The predicted octanol–water partition coefficient (Wildman–Crippen LogP) is 4.98. The maximum Gasteiger partial charge on any atom is 0.341 e. The number of carbonyl (C=O) groups is 2. The molecule has 0 saturated carbocycles. The third-order valence-electron chi connectivity index (χ3n) is 5.89. The molecule has 7 nitrogen and oxygen atoms in total. The molecule has 0 saturated heterocycles. The molecule has 0 radical (unpaired) electrons. The van der Waals surface area contributed by atoms with Gasteiger partial charge in [-0.05, 0) is 50.2 Å². The molecule has 34 heavy (non-hydrogen) atoms. The lowest BCUT2D eigenvalue weighted by atomic mass is 9.88. The first kappa shape index (κ1) is 24.5. The second-order valence-electron chi connectivity index (χ2n) is 8.42. The van der Waals surface area contributed by atoms with Crippen molar-refractivity contribution >= 4 is 40.0 Å². The second-order valence-corrected chi connectivity index (χ2v) is 10.5. The van der Waals surface area contributed by atoms with Crippen molar-refractivity contribution in [2.45, 2.75) is 58.2 Å². The topological polar surface area (TPSA) is 86.1 Å². The Balaban J connectivity index is 1.45. The van der Waals surface area contributed by atoms with Crippen molar-refractivity contribution < 1.29 is 14.3 Å². The lowest BCUT2D eigenvalue weighted by molar-refractivity contribution is -0.113. The molecule has 2 aromatic heterocycles. The fraction of sp³-hybridized carbons (Fsp3) is 0.440. The van der Waals surface area contributed by atoms with Crippen molar-refractivity contribution in [1.82, 2.24) is 14.8 Å². The number of nitrogens with zero attached hydrogens (tertiary/aromatic N) is 3. The van der Waals surface area contributed by atoms with Crippen LogP contribution in [0.3, 0.4) is 0 Å². The Bertz CT molecular complexity index is 1160. The molecule has 1 aliphatic carbocycles. The van der Waals surface area contributed by atoms with Crippen LogP contribution in [-0.4, -0.2) is 39.0 Å². The van der Waals surface area contributed by atoms with Crippen LogP contribution < -0.4 is 5.32 Å². The Morgan fingerprint density at radius 1 is 1.24 bits per heavy atom. The zero-order valence-electron chi connectivity index (χ0n) is 19.8. The Labute approximate surface area is 208 Å². The van der Waals surface area contributed by atoms with E-state index in [9.17, 15) is 9.59 Å². The summed E-state index contributed by atoms with van der Waals surface area (Å²) < 4.78 is 7.34. The molecule has 2 heterocycles. The summed E-state index contributed by atoms with van der Waals surface area (Å²) in [5, 5.41) is 13.0. The number of amides is 1. The summed E-state index contributed by atoms with van der Waals surface area (Å²) in [7, 11) is 0. The van der Waals surface area contributed by atoms with Gasteiger partial charge in [-0.25, -0.2) is 4.79 Å². The Morgan fingerprint density at radius 2 is 2.03 bits per heavy atom. The fourth-order valence-corrected chi connectivity index (χ4v) is 6.44. The molecular weight excluding hydrogens is 468 g/mol. The molecule has 0 spiro atoms. The number of esters is 1. The van der Waals surface area contributed by atoms with E-state index in [2.05, 4.69) is 34.6 Å². The molecule has 180 valence electrons. The number of thioether (sulfide) groups is 1. The third-order valence-corrected chi connectivity index (χ3v) is 8.03. The highest BCUT2D eigenvalue weighted by Gasteiger charge is 2.29. The van der Waals surface area contributed by atoms with E-state index in [0.29, 0.717) is 34.7 Å². The van der Waals surface area contributed by atoms with E-state index in [1.165, 1.54) is 33.5 Å². The number of benzene rings is 1. The minimum Gasteiger partial charge on any atom is -0.462 e. The van der Waals surface area contributed by atoms with Gasteiger partial charge in [0, 0.05) is 17.8 Å². The monoisotopic (exact) mass is 498 g/mol. The summed E-state index contributed by atoms with van der Waals surface area (Å²) in [5.74, 6) is 1.11. The number of fused-ring (bicyclic) bond motifs is 1. The van der Waals surface area contributed by atoms with Gasteiger partial charge in [0.1, 0.15) is 10.8 Å². The fourth-order valence-electron chi connectivity index (χ4n) is 4.20. The maximum atomic E-state index is 12.9. The number of hydrogen-bond donors (Lipinski definition) is 1. The molecule has 3 aromatic rings. The van der Waals surface area contributed by atoms with Crippen molar-refractivity contribution in [2.75, 3.05) is 17.7 Å². The zero-order valence-corrected chi connectivity index (χ0v) is 21.4. The lowest BCUT2D eigenvalue weighted by Gasteiger charge is -2.18. The van der Waals surface area contributed by atoms with Gasteiger partial charge < -0.3 is 14.6 Å². The van der Waals surface area contributed by atoms with E-state index < -0.39 is 0 Å². The lowest BCUT2D eigenvalue weighted by Crippen LogP contribution is -2.18. The van der Waals surface area contributed by atoms with E-state index in [0.717, 1.165) is 37.2 Å². The smallest absolute Gasteiger partial charge is 0.341 e. The van der Waals surface area contributed by atoms with Crippen LogP contribution in [0.1, 0.15) is 59.4 Å². The zero-order chi connectivity index (χ0) is 24.1. The van der Waals surface area contributed by atoms with Crippen LogP contribution in [0, 0.1) is 5.92 Å². The average molecular weight is 499 g/mol. The summed E-state index contributed by atoms with van der Waals surface area (Å²) in [6, 6.07) is 10.1. The van der Waals surface area contributed by atoms with Crippen LogP contribution in [0.4, 0.5) is 5.00 Å². The number of ether oxygens (including phenoxy) is 1. The van der Waals surface area contributed by atoms with Gasteiger partial charge in [0.25, 0.3) is 0 Å². The molecule has 1 atom stereocenters. The molecule has 0 aliphatic heterocycles. The van der Waals surface area contributed by atoms with Crippen LogP contribution in [0.15, 0.2) is 35.5 Å². The number of carbonyl (C=O) groups excluding carboxylic acids is 2. The molecule has 1 amide bonds. The summed E-state index contributed by atoms with van der Waals surface area (Å²) in [6.45, 7) is 7.09. The molecule has 1 unspecified atom stereocenters. The van der Waals surface area contributed by atoms with Gasteiger partial charge in [0.15, 0.2) is 5.16 Å². The van der Waals surface area contributed by atoms with Gasteiger partial charge in [0.2, 0.25) is 5.91 Å². The first-order valence-electron chi connectivity index (χ1n) is 11.7. The summed E-state index contributed by atoms with van der Waals surface area (Å²) in [6.07, 6.45) is 3.50. The second kappa shape index (κ2) is 11.2. The van der Waals surface area contributed by atoms with Gasteiger partial charge in [0.05, 0.1) is 17.9 Å². The van der Waals surface area contributed by atoms with E-state index in [1.54, 1.807) is 6.92 Å². The predicted molar refractivity (Wildman–Crippen MR) is 136 cm³/mol. The quantitative estimate of drug-likeness (QED) is 0.331. The standard InChI is InChI=1S/C25H30N4O3S2/c1-4-29-20(14-17-9-7-6-8-10-17)27-28-25(29)33-15-21(30)26-23-22(24(31)32-5-2)18-12-11-16(3)13-19(18)34-23/h6-10,16H,4-5,11-15H2,1-3H3,(H,26,30). The number of aromatic nitrogens is 3. The molecule has 9 heteroatoms. The van der Waals surface area contributed by atoms with E-state index in [1.807, 2.05) is 29.7 Å². The third kappa shape index (κ3) is 5.52. The van der Waals surface area contributed by atoms with Crippen molar-refractivity contribution in [3.05, 3.63) is 57.7 Å². The Morgan fingerprint density at radius 3 is 2.76 bits per heavy atom. The Kier molecular flexibility index (Phi) is 8.05. The molecule has 1 aromatic carbocycles. The number of nitrogens with one attached hydrogen (secondary N) is 1. The highest BCUT2D eigenvalue weighted by atomic mass is 32.2. The van der Waals surface area contributed by atoms with Crippen LogP contribution in [0.2, 0.25) is 0 Å². The highest BCUT2D eigenvalue weighted by molar-refractivity contribution is 7.99. The Hall–Kier alpha value is -2.65. The van der Waals surface area contributed by atoms with Gasteiger partial charge in [-0.3, -0.25) is 4.79 Å². The minimum atomic E-state index is -0.353. The number of hydrogen-bond acceptors (Lipinski definition) is 7. The summed E-state index contributed by atoms with van der Waals surface area (Å²) in [4.78, 5) is 26.7. The van der Waals surface area contributed by atoms with E-state index in [4.69, 9.17) is 4.74 Å². The average Bonchev–Trinajstić information content (AvgIpc) is 3.38. The van der Waals surface area contributed by atoms with E-state index in [-0.39, 0.29) is 17.6 Å². The van der Waals surface area contributed by atoms with Gasteiger partial charge in [-0.1, -0.05) is 49.0 Å². The van der Waals surface area contributed by atoms with Crippen molar-refractivity contribution in [1.29, 1.82) is 0 Å². The minimum absolute atomic E-state index is 0.169. The molecular formula is C25H30N4O3S2. The first-order chi connectivity index (χ1) is 16.5. The summed E-state index contributed by atoms with van der Waals surface area (Å²) >= 11 is 2.86. The van der Waals surface area contributed by atoms with Crippen molar-refractivity contribution in [3.63, 3.8) is 0 Å². The van der Waals surface area contributed by atoms with Crippen molar-refractivity contribution in [3.8, 4) is 0 Å². The SMILES string of the molecule is CCOC(=O)c1c(NC(=O)CSc2nnc(Cc3ccccc3)n2CC)sc2c1CCC(C)C2. The van der Waals surface area contributed by atoms with Gasteiger partial charge in [-0.15, -0.1) is 21.5 Å². The van der Waals surface area contributed by atoms with Crippen LogP contribution in [0.5, 0.6) is 0 Å².